The van der Waals surface area contributed by atoms with Gasteiger partial charge in [0.05, 0.1) is 4.83 Å². The third kappa shape index (κ3) is 12.5. The van der Waals surface area contributed by atoms with Gasteiger partial charge in [0.2, 0.25) is 0 Å². The number of carbonyl (C=O) groups is 1. The van der Waals surface area contributed by atoms with Crippen molar-refractivity contribution in [3.8, 4) is 11.3 Å². The van der Waals surface area contributed by atoms with E-state index in [1.54, 1.807) is 0 Å². The van der Waals surface area contributed by atoms with E-state index in [-0.39, 0.29) is 23.0 Å². The van der Waals surface area contributed by atoms with Gasteiger partial charge in [-0.3, -0.25) is 4.79 Å². The highest BCUT2D eigenvalue weighted by Crippen LogP contribution is 2.29. The molecule has 1 heterocycles. The summed E-state index contributed by atoms with van der Waals surface area (Å²) in [5.74, 6) is 0.130. The van der Waals surface area contributed by atoms with Gasteiger partial charge in [-0.25, -0.2) is 0 Å². The summed E-state index contributed by atoms with van der Waals surface area (Å²) in [7, 11) is 0. The van der Waals surface area contributed by atoms with E-state index in [1.807, 2.05) is 83.1 Å². The van der Waals surface area contributed by atoms with Crippen LogP contribution in [-0.4, -0.2) is 15.6 Å². The Bertz CT molecular complexity index is 1380. The fraction of sp³-hybridized carbons (Fsp3) is 0.250. The van der Waals surface area contributed by atoms with Crippen LogP contribution >= 0.6 is 15.9 Å². The fourth-order valence-corrected chi connectivity index (χ4v) is 4.02. The van der Waals surface area contributed by atoms with Gasteiger partial charge >= 0.3 is 0 Å². The minimum Gasteiger partial charge on any atom is -1.00 e. The molecule has 41 heavy (non-hydrogen) atoms. The van der Waals surface area contributed by atoms with Crippen LogP contribution < -0.4 is 18.1 Å². The molecule has 0 fully saturated rings. The van der Waals surface area contributed by atoms with Crippen LogP contribution in [0.5, 0.6) is 0 Å². The normalized spacial score (nSPS) is 10.0. The van der Waals surface area contributed by atoms with Crippen LogP contribution in [-0.2, 0) is 0 Å². The number of H-pyrrole nitrogens is 1. The average molecular weight is 638 g/mol. The molecule has 0 saturated heterocycles. The average Bonchev–Trinajstić information content (AvgIpc) is 3.33. The molecule has 0 spiro atoms. The van der Waals surface area contributed by atoms with Crippen LogP contribution in [0, 0.1) is 20.8 Å². The molecular weight excluding hydrogens is 592 g/mol. The van der Waals surface area contributed by atoms with Crippen molar-refractivity contribution < 1.29 is 22.9 Å². The Labute approximate surface area is 262 Å². The first kappa shape index (κ1) is 37.8. The molecule has 4 N–H and O–H groups in total. The van der Waals surface area contributed by atoms with Crippen LogP contribution in [0.15, 0.2) is 103 Å². The zero-order chi connectivity index (χ0) is 30.1. The number of benzene rings is 4. The van der Waals surface area contributed by atoms with Gasteiger partial charge in [0, 0.05) is 22.2 Å². The van der Waals surface area contributed by atoms with Crippen molar-refractivity contribution >= 4 is 38.3 Å². The number of ketones is 1. The molecule has 4 aromatic carbocycles. The molecule has 0 aliphatic carbocycles. The third-order valence-electron chi connectivity index (χ3n) is 5.82. The summed E-state index contributed by atoms with van der Waals surface area (Å²) in [6.07, 6.45) is 0. The number of aromatic nitrogens is 1. The molecule has 0 bridgehead atoms. The monoisotopic (exact) mass is 636 g/mol. The van der Waals surface area contributed by atoms with Gasteiger partial charge in [-0.2, -0.15) is 0 Å². The van der Waals surface area contributed by atoms with E-state index in [0.717, 1.165) is 11.3 Å². The molecule has 5 aromatic rings. The van der Waals surface area contributed by atoms with Crippen LogP contribution in [0.2, 0.25) is 0 Å². The summed E-state index contributed by atoms with van der Waals surface area (Å²) in [6.45, 7) is 16.2. The second-order valence-corrected chi connectivity index (χ2v) is 10.2. The second-order valence-electron chi connectivity index (χ2n) is 8.87. The number of Topliss-reactive ketones (excluding diaryl/α,β-unsaturated/α-hetero) is 1. The van der Waals surface area contributed by atoms with Crippen molar-refractivity contribution in [2.24, 2.45) is 0 Å². The summed E-state index contributed by atoms with van der Waals surface area (Å²) >= 11 is 3.23. The van der Waals surface area contributed by atoms with Gasteiger partial charge in [-0.05, 0) is 63.1 Å². The van der Waals surface area contributed by atoms with E-state index in [9.17, 15) is 4.79 Å². The number of rotatable bonds is 3. The fourth-order valence-electron chi connectivity index (χ4n) is 3.75. The number of nitrogens with one attached hydrogen (secondary N) is 1. The Morgan fingerprint density at radius 3 is 1.71 bits per heavy atom. The van der Waals surface area contributed by atoms with E-state index >= 15 is 0 Å². The van der Waals surface area contributed by atoms with Crippen molar-refractivity contribution in [1.82, 2.24) is 4.98 Å². The van der Waals surface area contributed by atoms with Crippen molar-refractivity contribution in [3.05, 3.63) is 125 Å². The molecule has 0 amide bonds. The quantitative estimate of drug-likeness (QED) is 0.162. The van der Waals surface area contributed by atoms with Crippen LogP contribution in [0.4, 0.5) is 5.69 Å². The second kappa shape index (κ2) is 20.7. The topological polar surface area (TPSA) is 60.5 Å². The molecule has 0 saturated carbocycles. The molecule has 3 nitrogen and oxygen atoms in total. The standard InChI is InChI=1S/C16H15N.C9H9BrO.C7H9N.2C2H6.ClH/c1-11-8-9-15-14(10-11)12(2)16(17-15)13-6-4-3-5-7-13;1-7(10)9(11)8-5-3-2-4-6-8;1-6-2-4-7(8)5-3-6;2*1-2;/h3-10,17H,1-2H3;2-7H,1H3;2-5H,8H2,1H3;2*1-2H3;1H. The van der Waals surface area contributed by atoms with Gasteiger partial charge in [-0.1, -0.05) is 134 Å². The molecule has 0 radical (unpaired) electrons. The van der Waals surface area contributed by atoms with E-state index in [2.05, 4.69) is 102 Å². The number of aromatic amines is 1. The lowest BCUT2D eigenvalue weighted by atomic mass is 10.1. The van der Waals surface area contributed by atoms with E-state index in [0.29, 0.717) is 0 Å². The molecule has 1 unspecified atom stereocenters. The summed E-state index contributed by atoms with van der Waals surface area (Å²) in [4.78, 5) is 14.7. The maximum atomic E-state index is 11.3. The van der Waals surface area contributed by atoms with E-state index in [1.165, 1.54) is 38.9 Å². The van der Waals surface area contributed by atoms with Gasteiger partial charge in [-0.15, -0.1) is 0 Å². The number of quaternary nitrogens is 1. The van der Waals surface area contributed by atoms with Gasteiger partial charge in [0.1, 0.15) is 5.69 Å². The first-order chi connectivity index (χ1) is 19.3. The summed E-state index contributed by atoms with van der Waals surface area (Å²) in [5.41, 5.74) is 13.2. The van der Waals surface area contributed by atoms with Gasteiger partial charge in [0.15, 0.2) is 5.78 Å². The summed E-state index contributed by atoms with van der Waals surface area (Å²) < 4.78 is 0. The first-order valence-corrected chi connectivity index (χ1v) is 14.9. The maximum Gasteiger partial charge on any atom is 0.176 e. The minimum absolute atomic E-state index is 0. The zero-order valence-corrected chi connectivity index (χ0v) is 28.1. The summed E-state index contributed by atoms with van der Waals surface area (Å²) in [5, 5.41) is 1.32. The van der Waals surface area contributed by atoms with Crippen LogP contribution in [0.3, 0.4) is 0 Å². The molecule has 1 atom stereocenters. The Kier molecular flexibility index (Phi) is 19.1. The molecule has 0 aliphatic heterocycles. The smallest absolute Gasteiger partial charge is 0.176 e. The lowest BCUT2D eigenvalue weighted by molar-refractivity contribution is -0.254. The van der Waals surface area contributed by atoms with E-state index < -0.39 is 0 Å². The third-order valence-corrected chi connectivity index (χ3v) is 6.23. The number of alkyl halides is 1. The SMILES string of the molecule is CC.CC.CC(Br)C(=O)c1ccccc1.Cc1ccc([NH3+])cc1.Cc1ccc2[nH]c(-c3ccccc3)c(C)c2c1.[Cl-]. The Morgan fingerprint density at radius 1 is 0.732 bits per heavy atom. The van der Waals surface area contributed by atoms with Crippen molar-refractivity contribution in [2.75, 3.05) is 0 Å². The highest BCUT2D eigenvalue weighted by molar-refractivity contribution is 9.10. The lowest BCUT2D eigenvalue weighted by Crippen LogP contribution is -3.00. The highest BCUT2D eigenvalue weighted by Gasteiger charge is 2.10. The first-order valence-electron chi connectivity index (χ1n) is 14.0. The van der Waals surface area contributed by atoms with Gasteiger partial charge in [0.25, 0.3) is 0 Å². The number of hydrogen-bond acceptors (Lipinski definition) is 1. The highest BCUT2D eigenvalue weighted by atomic mass is 79.9. The summed E-state index contributed by atoms with van der Waals surface area (Å²) in [6, 6.07) is 34.4. The largest absolute Gasteiger partial charge is 1.00 e. The van der Waals surface area contributed by atoms with Crippen molar-refractivity contribution in [2.45, 2.75) is 60.2 Å². The molecular formula is C36H46BrClN2O. The molecule has 5 rings (SSSR count). The maximum absolute atomic E-state index is 11.3. The number of carbonyl (C=O) groups excluding carboxylic acids is 1. The number of fused-ring (bicyclic) bond motifs is 1. The van der Waals surface area contributed by atoms with E-state index in [4.69, 9.17) is 0 Å². The van der Waals surface area contributed by atoms with Crippen molar-refractivity contribution in [1.29, 1.82) is 0 Å². The predicted molar refractivity (Wildman–Crippen MR) is 179 cm³/mol. The number of hydrogen-bond donors (Lipinski definition) is 2. The van der Waals surface area contributed by atoms with Gasteiger partial charge < -0.3 is 23.1 Å². The van der Waals surface area contributed by atoms with Crippen LogP contribution in [0.1, 0.15) is 61.7 Å². The van der Waals surface area contributed by atoms with Crippen molar-refractivity contribution in [3.63, 3.8) is 0 Å². The minimum atomic E-state index is -0.0927. The number of aryl methyl sites for hydroxylation is 3. The zero-order valence-electron chi connectivity index (χ0n) is 25.8. The molecule has 220 valence electrons. The predicted octanol–water partition coefficient (Wildman–Crippen LogP) is 7.03. The lowest BCUT2D eigenvalue weighted by Gasteiger charge is -2.00. The Hall–Kier alpha value is -3.18. The molecule has 5 heteroatoms. The Morgan fingerprint density at radius 2 is 1.22 bits per heavy atom. The molecule has 1 aromatic heterocycles. The number of halogens is 2. The van der Waals surface area contributed by atoms with Crippen LogP contribution in [0.25, 0.3) is 22.2 Å². The molecule has 0 aliphatic rings. The Balaban J connectivity index is 0.000000581.